The number of allylic oxidation sites excluding steroid dienone is 1. The molecule has 1 aromatic rings. The third-order valence-corrected chi connectivity index (χ3v) is 8.93. The van der Waals surface area contributed by atoms with Crippen molar-refractivity contribution in [1.82, 2.24) is 0 Å². The number of unbranched alkanes of at least 4 members (excludes halogenated alkanes) is 4. The Balaban J connectivity index is 1.89. The number of carboxylic acids is 3. The van der Waals surface area contributed by atoms with E-state index in [0.717, 1.165) is 24.8 Å². The first kappa shape index (κ1) is 38.6. The van der Waals surface area contributed by atoms with Gasteiger partial charge in [-0.3, -0.25) is 9.59 Å². The van der Waals surface area contributed by atoms with Gasteiger partial charge in [0.15, 0.2) is 6.10 Å². The minimum absolute atomic E-state index is 0.0205. The van der Waals surface area contributed by atoms with Gasteiger partial charge in [-0.2, -0.15) is 0 Å². The highest BCUT2D eigenvalue weighted by Crippen LogP contribution is 2.55. The van der Waals surface area contributed by atoms with Crippen LogP contribution in [0.5, 0.6) is 0 Å². The molecule has 1 aromatic carbocycles. The number of esters is 2. The SMILES string of the molecule is CCCCCCCC(=O)O[C@@H]1[C@@H](O)[C@@]2(CCCC(OC(C)=O)C(C)C/C=C/c3ccccc3)O[C@H](C(=O)O)[C@@](O)(C(=O)O)[C@]1(C(=O)O)O2. The van der Waals surface area contributed by atoms with Gasteiger partial charge in [0.2, 0.25) is 23.1 Å². The van der Waals surface area contributed by atoms with Gasteiger partial charge >= 0.3 is 29.8 Å². The fraction of sp³-hybridized carbons (Fsp3) is 0.618. The molecule has 2 fully saturated rings. The number of carbonyl (C=O) groups is 5. The number of ether oxygens (including phenoxy) is 4. The van der Waals surface area contributed by atoms with Crippen LogP contribution in [0.2, 0.25) is 0 Å². The predicted molar refractivity (Wildman–Crippen MR) is 167 cm³/mol. The third-order valence-electron chi connectivity index (χ3n) is 8.93. The van der Waals surface area contributed by atoms with Crippen molar-refractivity contribution in [3.8, 4) is 0 Å². The highest BCUT2D eigenvalue weighted by molar-refractivity contribution is 5.98. The maximum Gasteiger partial charge on any atom is 0.344 e. The van der Waals surface area contributed by atoms with Crippen LogP contribution in [-0.4, -0.2) is 96.8 Å². The molecule has 2 unspecified atom stereocenters. The van der Waals surface area contributed by atoms with E-state index in [4.69, 9.17) is 18.9 Å². The molecule has 3 rings (SSSR count). The minimum atomic E-state index is -3.84. The highest BCUT2D eigenvalue weighted by atomic mass is 16.8. The average Bonchev–Trinajstić information content (AvgIpc) is 3.24. The maximum atomic E-state index is 12.9. The van der Waals surface area contributed by atoms with E-state index in [2.05, 4.69) is 0 Å². The molecule has 0 aromatic heterocycles. The number of benzene rings is 1. The number of aliphatic hydroxyl groups excluding tert-OH is 1. The summed E-state index contributed by atoms with van der Waals surface area (Å²) in [5, 5.41) is 53.2. The van der Waals surface area contributed by atoms with E-state index in [1.165, 1.54) is 6.92 Å². The van der Waals surface area contributed by atoms with Crippen LogP contribution in [0.4, 0.5) is 0 Å². The Bertz CT molecular complexity index is 1330. The Morgan fingerprint density at radius 1 is 0.979 bits per heavy atom. The lowest BCUT2D eigenvalue weighted by Gasteiger charge is -2.48. The first-order valence-corrected chi connectivity index (χ1v) is 16.2. The molecule has 2 saturated heterocycles. The zero-order chi connectivity index (χ0) is 35.7. The quantitative estimate of drug-likeness (QED) is 0.105. The molecule has 5 N–H and O–H groups in total. The van der Waals surface area contributed by atoms with Crippen molar-refractivity contribution in [2.24, 2.45) is 5.92 Å². The Morgan fingerprint density at radius 3 is 2.23 bits per heavy atom. The van der Waals surface area contributed by atoms with Gasteiger partial charge in [0.05, 0.1) is 0 Å². The number of hydrogen-bond acceptors (Lipinski definition) is 11. The van der Waals surface area contributed by atoms with Crippen LogP contribution < -0.4 is 0 Å². The van der Waals surface area contributed by atoms with Gasteiger partial charge in [0, 0.05) is 19.8 Å². The number of aliphatic hydroxyl groups is 2. The molecule has 48 heavy (non-hydrogen) atoms. The summed E-state index contributed by atoms with van der Waals surface area (Å²) in [6, 6.07) is 9.52. The van der Waals surface area contributed by atoms with Crippen molar-refractivity contribution in [2.75, 3.05) is 0 Å². The average molecular weight is 679 g/mol. The summed E-state index contributed by atoms with van der Waals surface area (Å²) in [5.74, 6) is -10.9. The first-order chi connectivity index (χ1) is 22.7. The Labute approximate surface area is 278 Å². The largest absolute Gasteiger partial charge is 0.479 e. The van der Waals surface area contributed by atoms with Crippen molar-refractivity contribution in [3.05, 3.63) is 42.0 Å². The van der Waals surface area contributed by atoms with Crippen molar-refractivity contribution in [1.29, 1.82) is 0 Å². The molecular weight excluding hydrogens is 632 g/mol. The van der Waals surface area contributed by atoms with Crippen LogP contribution in [0, 0.1) is 5.92 Å². The van der Waals surface area contributed by atoms with Crippen LogP contribution in [0.15, 0.2) is 36.4 Å². The topological polar surface area (TPSA) is 223 Å². The van der Waals surface area contributed by atoms with Gasteiger partial charge < -0.3 is 44.5 Å². The van der Waals surface area contributed by atoms with Crippen LogP contribution >= 0.6 is 0 Å². The summed E-state index contributed by atoms with van der Waals surface area (Å²) < 4.78 is 22.0. The summed E-state index contributed by atoms with van der Waals surface area (Å²) in [6.07, 6.45) is -0.582. The number of carboxylic acid groups (broad SMARTS) is 3. The monoisotopic (exact) mass is 678 g/mol. The Hall–Kier alpha value is -3.85. The van der Waals surface area contributed by atoms with E-state index in [1.54, 1.807) is 0 Å². The van der Waals surface area contributed by atoms with E-state index in [1.807, 2.05) is 56.3 Å². The lowest BCUT2D eigenvalue weighted by molar-refractivity contribution is -0.374. The zero-order valence-corrected chi connectivity index (χ0v) is 27.4. The normalized spacial score (nSPS) is 29.2. The summed E-state index contributed by atoms with van der Waals surface area (Å²) in [4.78, 5) is 62.4. The molecule has 8 atom stereocenters. The van der Waals surface area contributed by atoms with E-state index >= 15 is 0 Å². The molecule has 2 heterocycles. The number of hydrogen-bond donors (Lipinski definition) is 5. The summed E-state index contributed by atoms with van der Waals surface area (Å²) >= 11 is 0. The van der Waals surface area contributed by atoms with E-state index < -0.39 is 77.7 Å². The molecule has 14 heteroatoms. The molecule has 2 bridgehead atoms. The molecule has 2 aliphatic rings. The summed E-state index contributed by atoms with van der Waals surface area (Å²) in [5.41, 5.74) is -6.34. The molecule has 266 valence electrons. The predicted octanol–water partition coefficient (Wildman–Crippen LogP) is 3.31. The van der Waals surface area contributed by atoms with Gasteiger partial charge in [-0.1, -0.05) is 82.0 Å². The third kappa shape index (κ3) is 8.05. The zero-order valence-electron chi connectivity index (χ0n) is 27.4. The highest BCUT2D eigenvalue weighted by Gasteiger charge is 2.85. The van der Waals surface area contributed by atoms with Crippen molar-refractivity contribution >= 4 is 35.9 Å². The second kappa shape index (κ2) is 16.5. The minimum Gasteiger partial charge on any atom is -0.479 e. The molecule has 0 amide bonds. The van der Waals surface area contributed by atoms with Crippen molar-refractivity contribution in [3.63, 3.8) is 0 Å². The summed E-state index contributed by atoms with van der Waals surface area (Å²) in [6.45, 7) is 5.09. The van der Waals surface area contributed by atoms with Gasteiger partial charge in [-0.15, -0.1) is 0 Å². The lowest BCUT2D eigenvalue weighted by Crippen LogP contribution is -2.78. The van der Waals surface area contributed by atoms with Gasteiger partial charge in [-0.25, -0.2) is 14.4 Å². The number of fused-ring (bicyclic) bond motifs is 2. The van der Waals surface area contributed by atoms with Gasteiger partial charge in [0.25, 0.3) is 0 Å². The Morgan fingerprint density at radius 2 is 1.65 bits per heavy atom. The molecule has 0 saturated carbocycles. The van der Waals surface area contributed by atoms with Crippen molar-refractivity contribution in [2.45, 2.75) is 126 Å². The standard InChI is InChI=1S/C34H46O14/c1-4-5-6-7-11-19-25(36)46-27-26(37)32(47-28(29(38)39)33(44,30(40)41)34(27,48-32)31(42)43)20-13-18-24(45-22(3)35)21(2)14-12-17-23-15-9-8-10-16-23/h8-10,12,15-17,21,24,26-28,37,44H,4-7,11,13-14,18-20H2,1-3H3,(H,38,39)(H,40,41)(H,42,43)/b17-12+/t21?,24?,26-,27-,28-,32+,33-,34+/m1/s1. The fourth-order valence-corrected chi connectivity index (χ4v) is 6.38. The second-order valence-electron chi connectivity index (χ2n) is 12.4. The molecule has 14 nitrogen and oxygen atoms in total. The molecule has 0 aliphatic carbocycles. The van der Waals surface area contributed by atoms with Crippen LogP contribution in [0.1, 0.15) is 90.5 Å². The Kier molecular flexibility index (Phi) is 13.3. The molecule has 0 radical (unpaired) electrons. The first-order valence-electron chi connectivity index (χ1n) is 16.2. The van der Waals surface area contributed by atoms with Crippen LogP contribution in [-0.2, 0) is 42.9 Å². The van der Waals surface area contributed by atoms with E-state index in [-0.39, 0.29) is 25.2 Å². The maximum absolute atomic E-state index is 12.9. The van der Waals surface area contributed by atoms with E-state index in [0.29, 0.717) is 19.3 Å². The van der Waals surface area contributed by atoms with Crippen LogP contribution in [0.25, 0.3) is 6.08 Å². The second-order valence-corrected chi connectivity index (χ2v) is 12.4. The summed E-state index contributed by atoms with van der Waals surface area (Å²) in [7, 11) is 0. The molecule has 2 aliphatic heterocycles. The van der Waals surface area contributed by atoms with Gasteiger partial charge in [0.1, 0.15) is 12.2 Å². The number of aliphatic carboxylic acids is 3. The number of carbonyl (C=O) groups excluding carboxylic acids is 2. The number of rotatable bonds is 19. The van der Waals surface area contributed by atoms with E-state index in [9.17, 15) is 49.5 Å². The molecule has 0 spiro atoms. The molecular formula is C34H46O14. The van der Waals surface area contributed by atoms with Crippen molar-refractivity contribution < 1.29 is 68.5 Å². The smallest absolute Gasteiger partial charge is 0.344 e. The van der Waals surface area contributed by atoms with Crippen LogP contribution in [0.3, 0.4) is 0 Å². The fourth-order valence-electron chi connectivity index (χ4n) is 6.38. The lowest BCUT2D eigenvalue weighted by atomic mass is 9.74. The van der Waals surface area contributed by atoms with Gasteiger partial charge in [-0.05, 0) is 37.2 Å².